The molecule has 0 aromatic heterocycles. The van der Waals surface area contributed by atoms with Crippen LogP contribution in [0.3, 0.4) is 0 Å². The SMILES string of the molecule is C=C1C(=CC=C2CCC[C@]3(C)[C@@H]([C@H](C)COS(=O)(=O)c4ccc(C)cc4)CC[C@@H]23)C[C@@H](O[Si](C)(C)C(C)(C)C)C[C@@H]1O[Si](C)(C)C(C)(C)C. The molecule has 1 aromatic rings. The van der Waals surface area contributed by atoms with Gasteiger partial charge in [0.15, 0.2) is 16.6 Å². The Bertz CT molecular complexity index is 1510. The highest BCUT2D eigenvalue weighted by Gasteiger charge is 2.51. The summed E-state index contributed by atoms with van der Waals surface area (Å²) in [5.41, 5.74) is 5.09. The van der Waals surface area contributed by atoms with Crippen LogP contribution in [-0.2, 0) is 23.2 Å². The van der Waals surface area contributed by atoms with Crippen LogP contribution in [0.15, 0.2) is 64.6 Å². The number of rotatable bonds is 10. The Morgan fingerprint density at radius 1 is 0.959 bits per heavy atom. The first kappa shape index (κ1) is 40.5. The van der Waals surface area contributed by atoms with Gasteiger partial charge in [0.2, 0.25) is 0 Å². The minimum Gasteiger partial charge on any atom is -0.413 e. The fourth-order valence-electron chi connectivity index (χ4n) is 8.07. The van der Waals surface area contributed by atoms with Crippen molar-refractivity contribution in [3.8, 4) is 0 Å². The van der Waals surface area contributed by atoms with Gasteiger partial charge in [0.25, 0.3) is 10.1 Å². The zero-order valence-corrected chi connectivity index (χ0v) is 36.0. The number of benzene rings is 1. The van der Waals surface area contributed by atoms with Gasteiger partial charge in [-0.05, 0) is 128 Å². The summed E-state index contributed by atoms with van der Waals surface area (Å²) in [4.78, 5) is 0.231. The van der Waals surface area contributed by atoms with Gasteiger partial charge in [-0.15, -0.1) is 0 Å². The molecule has 0 unspecified atom stereocenters. The van der Waals surface area contributed by atoms with Gasteiger partial charge >= 0.3 is 0 Å². The maximum absolute atomic E-state index is 13.0. The molecule has 0 aliphatic heterocycles. The smallest absolute Gasteiger partial charge is 0.296 e. The lowest BCUT2D eigenvalue weighted by Crippen LogP contribution is -2.49. The fraction of sp³-hybridized carbons (Fsp3) is 0.707. The molecule has 0 amide bonds. The summed E-state index contributed by atoms with van der Waals surface area (Å²) in [7, 11) is -7.78. The van der Waals surface area contributed by atoms with Crippen molar-refractivity contribution in [1.29, 1.82) is 0 Å². The third-order valence-corrected chi connectivity index (χ3v) is 23.6. The van der Waals surface area contributed by atoms with E-state index in [-0.39, 0.29) is 45.1 Å². The summed E-state index contributed by atoms with van der Waals surface area (Å²) >= 11 is 0. The lowest BCUT2D eigenvalue weighted by atomic mass is 9.61. The van der Waals surface area contributed by atoms with E-state index in [1.807, 2.05) is 19.1 Å². The van der Waals surface area contributed by atoms with Crippen LogP contribution in [0, 0.1) is 30.1 Å². The second-order valence-corrected chi connectivity index (χ2v) is 30.0. The van der Waals surface area contributed by atoms with Crippen LogP contribution >= 0.6 is 0 Å². The number of fused-ring (bicyclic) bond motifs is 1. The average molecular weight is 729 g/mol. The van der Waals surface area contributed by atoms with Crippen LogP contribution in [-0.4, -0.2) is 43.9 Å². The fourth-order valence-corrected chi connectivity index (χ4v) is 11.7. The number of hydrogen-bond donors (Lipinski definition) is 0. The van der Waals surface area contributed by atoms with Crippen molar-refractivity contribution < 1.29 is 21.5 Å². The van der Waals surface area contributed by atoms with Crippen molar-refractivity contribution >= 4 is 26.8 Å². The van der Waals surface area contributed by atoms with E-state index in [1.165, 1.54) is 17.6 Å². The monoisotopic (exact) mass is 728 g/mol. The maximum Gasteiger partial charge on any atom is 0.296 e. The van der Waals surface area contributed by atoms with Crippen molar-refractivity contribution in [3.63, 3.8) is 0 Å². The predicted molar refractivity (Wildman–Crippen MR) is 210 cm³/mol. The van der Waals surface area contributed by atoms with E-state index in [0.717, 1.165) is 49.7 Å². The molecule has 0 bridgehead atoms. The molecule has 3 fully saturated rings. The Labute approximate surface area is 302 Å². The van der Waals surface area contributed by atoms with Gasteiger partial charge in [-0.2, -0.15) is 8.42 Å². The second-order valence-electron chi connectivity index (χ2n) is 18.9. The van der Waals surface area contributed by atoms with Crippen LogP contribution in [0.5, 0.6) is 0 Å². The highest BCUT2D eigenvalue weighted by Crippen LogP contribution is 2.59. The van der Waals surface area contributed by atoms with Gasteiger partial charge in [-0.1, -0.05) is 97.4 Å². The molecule has 3 aliphatic rings. The van der Waals surface area contributed by atoms with Gasteiger partial charge in [0.1, 0.15) is 0 Å². The lowest BCUT2D eigenvalue weighted by molar-refractivity contribution is 0.0760. The highest BCUT2D eigenvalue weighted by atomic mass is 32.2. The first-order chi connectivity index (χ1) is 22.4. The van der Waals surface area contributed by atoms with E-state index < -0.39 is 26.8 Å². The third-order valence-electron chi connectivity index (χ3n) is 13.3. The molecule has 5 nitrogen and oxygen atoms in total. The zero-order valence-electron chi connectivity index (χ0n) is 33.2. The van der Waals surface area contributed by atoms with Gasteiger partial charge in [-0.3, -0.25) is 4.18 Å². The molecule has 0 spiro atoms. The molecule has 0 saturated heterocycles. The zero-order chi connectivity index (χ0) is 36.8. The van der Waals surface area contributed by atoms with Crippen LogP contribution in [0.2, 0.25) is 36.3 Å². The standard InChI is InChI=1S/C41H68O5SSi2/c1-29-17-21-35(22-18-29)47(42,43)44-28-30(2)36-23-24-37-32(16-15-25-41(36,37)10)19-20-33-26-34(45-48(11,12)39(4,5)6)27-38(31(33)3)46-49(13,14)40(7,8)9/h17-22,30,34,36-38H,3,15-16,23-28H2,1-2,4-14H3/t30-,34-,36-,37+,38+,41-/m1/s1. The maximum atomic E-state index is 13.0. The Kier molecular flexibility index (Phi) is 12.1. The van der Waals surface area contributed by atoms with E-state index in [9.17, 15) is 8.42 Å². The largest absolute Gasteiger partial charge is 0.413 e. The Morgan fingerprint density at radius 3 is 2.14 bits per heavy atom. The van der Waals surface area contributed by atoms with Gasteiger partial charge in [-0.25, -0.2) is 0 Å². The molecule has 0 heterocycles. The molecule has 276 valence electrons. The Balaban J connectivity index is 1.55. The van der Waals surface area contributed by atoms with Crippen molar-refractivity contribution in [2.45, 2.75) is 161 Å². The van der Waals surface area contributed by atoms with E-state index in [1.54, 1.807) is 12.1 Å². The number of aryl methyl sites for hydroxylation is 1. The minimum atomic E-state index is -3.78. The molecular formula is C41H68O5SSi2. The van der Waals surface area contributed by atoms with Crippen molar-refractivity contribution in [3.05, 3.63) is 65.3 Å². The van der Waals surface area contributed by atoms with Crippen LogP contribution in [0.4, 0.5) is 0 Å². The van der Waals surface area contributed by atoms with Gasteiger partial charge < -0.3 is 8.85 Å². The molecule has 4 rings (SSSR count). The minimum absolute atomic E-state index is 0.0291. The predicted octanol–water partition coefficient (Wildman–Crippen LogP) is 11.5. The van der Waals surface area contributed by atoms with Crippen molar-refractivity contribution in [2.75, 3.05) is 6.61 Å². The lowest BCUT2D eigenvalue weighted by Gasteiger charge is -2.45. The number of allylic oxidation sites excluding steroid dienone is 3. The molecule has 3 saturated carbocycles. The molecule has 3 aliphatic carbocycles. The topological polar surface area (TPSA) is 61.8 Å². The third kappa shape index (κ3) is 9.02. The molecule has 1 aromatic carbocycles. The summed E-state index contributed by atoms with van der Waals surface area (Å²) in [5, 5.41) is 0.257. The molecule has 49 heavy (non-hydrogen) atoms. The summed E-state index contributed by atoms with van der Waals surface area (Å²) < 4.78 is 45.8. The summed E-state index contributed by atoms with van der Waals surface area (Å²) in [6.45, 7) is 34.7. The highest BCUT2D eigenvalue weighted by molar-refractivity contribution is 7.86. The summed E-state index contributed by atoms with van der Waals surface area (Å²) in [6.07, 6.45) is 12.3. The van der Waals surface area contributed by atoms with Gasteiger partial charge in [0, 0.05) is 6.42 Å². The second kappa shape index (κ2) is 14.6. The summed E-state index contributed by atoms with van der Waals surface area (Å²) in [5.74, 6) is 1.05. The van der Waals surface area contributed by atoms with Crippen LogP contribution < -0.4 is 0 Å². The number of hydrogen-bond acceptors (Lipinski definition) is 5. The first-order valence-electron chi connectivity index (χ1n) is 18.8. The van der Waals surface area contributed by atoms with E-state index in [2.05, 4.69) is 100 Å². The summed E-state index contributed by atoms with van der Waals surface area (Å²) in [6, 6.07) is 6.91. The Hall–Kier alpha value is -1.30. The quantitative estimate of drug-likeness (QED) is 0.177. The Morgan fingerprint density at radius 2 is 1.55 bits per heavy atom. The molecule has 0 radical (unpaired) electrons. The average Bonchev–Trinajstić information content (AvgIpc) is 3.33. The van der Waals surface area contributed by atoms with Crippen LogP contribution in [0.1, 0.15) is 106 Å². The molecule has 6 atom stereocenters. The molecule has 0 N–H and O–H groups in total. The van der Waals surface area contributed by atoms with E-state index in [0.29, 0.717) is 11.8 Å². The van der Waals surface area contributed by atoms with Crippen molar-refractivity contribution in [2.24, 2.45) is 23.2 Å². The normalized spacial score (nSPS) is 29.8. The van der Waals surface area contributed by atoms with E-state index in [4.69, 9.17) is 13.0 Å². The molecule has 8 heteroatoms. The van der Waals surface area contributed by atoms with E-state index >= 15 is 0 Å². The van der Waals surface area contributed by atoms with Crippen LogP contribution in [0.25, 0.3) is 0 Å². The van der Waals surface area contributed by atoms with Crippen molar-refractivity contribution in [1.82, 2.24) is 0 Å². The molecular weight excluding hydrogens is 661 g/mol. The van der Waals surface area contributed by atoms with Gasteiger partial charge in [0.05, 0.1) is 23.7 Å². The first-order valence-corrected chi connectivity index (χ1v) is 26.0.